The second-order valence-electron chi connectivity index (χ2n) is 5.70. The molecular formula is C20H19O4PS. The molecule has 0 aliphatic carbocycles. The molecule has 0 aliphatic rings. The molecule has 26 heavy (non-hydrogen) atoms. The van der Waals surface area contributed by atoms with Gasteiger partial charge in [-0.15, -0.1) is 0 Å². The summed E-state index contributed by atoms with van der Waals surface area (Å²) in [5, 5.41) is 0. The van der Waals surface area contributed by atoms with Crippen LogP contribution in [0.15, 0.2) is 89.8 Å². The molecular weight excluding hydrogens is 367 g/mol. The van der Waals surface area contributed by atoms with E-state index in [9.17, 15) is 14.4 Å². The lowest BCUT2D eigenvalue weighted by molar-refractivity contribution is 0.359. The van der Waals surface area contributed by atoms with Gasteiger partial charge in [0, 0.05) is 4.90 Å². The maximum atomic E-state index is 12.8. The van der Waals surface area contributed by atoms with Gasteiger partial charge in [-0.25, -0.2) is 0 Å². The van der Waals surface area contributed by atoms with Gasteiger partial charge in [0.05, 0.1) is 7.11 Å². The van der Waals surface area contributed by atoms with E-state index in [1.165, 1.54) is 0 Å². The van der Waals surface area contributed by atoms with Crippen LogP contribution in [0.25, 0.3) is 0 Å². The van der Waals surface area contributed by atoms with Crippen LogP contribution >= 0.6 is 19.4 Å². The molecule has 3 aromatic rings. The summed E-state index contributed by atoms with van der Waals surface area (Å²) < 4.78 is 16.5. The van der Waals surface area contributed by atoms with Crippen molar-refractivity contribution in [3.8, 4) is 5.75 Å². The van der Waals surface area contributed by atoms with Crippen molar-refractivity contribution in [1.82, 2.24) is 0 Å². The number of thioether (sulfide) groups is 1. The second-order valence-corrected chi connectivity index (χ2v) is 9.05. The summed E-state index contributed by atoms with van der Waals surface area (Å²) in [6.45, 7) is 0. The van der Waals surface area contributed by atoms with Crippen LogP contribution in [0.2, 0.25) is 0 Å². The van der Waals surface area contributed by atoms with Crippen molar-refractivity contribution in [3.05, 3.63) is 96.1 Å². The zero-order valence-corrected chi connectivity index (χ0v) is 15.9. The van der Waals surface area contributed by atoms with Crippen LogP contribution in [0.1, 0.15) is 11.1 Å². The predicted molar refractivity (Wildman–Crippen MR) is 105 cm³/mol. The summed E-state index contributed by atoms with van der Waals surface area (Å²) in [6, 6.07) is 25.0. The Balaban J connectivity index is 2.21. The fourth-order valence-electron chi connectivity index (χ4n) is 2.82. The Labute approximate surface area is 157 Å². The van der Waals surface area contributed by atoms with Crippen molar-refractivity contribution in [2.24, 2.45) is 0 Å². The molecule has 0 bridgehead atoms. The largest absolute Gasteiger partial charge is 0.497 e. The molecule has 3 rings (SSSR count). The first kappa shape index (κ1) is 18.7. The van der Waals surface area contributed by atoms with E-state index in [2.05, 4.69) is 0 Å². The van der Waals surface area contributed by atoms with E-state index >= 15 is 0 Å². The van der Waals surface area contributed by atoms with Gasteiger partial charge in [-0.05, 0) is 35.4 Å². The van der Waals surface area contributed by atoms with Gasteiger partial charge in [-0.3, -0.25) is 4.57 Å². The molecule has 0 amide bonds. The first-order valence-corrected chi connectivity index (χ1v) is 10.4. The Bertz CT molecular complexity index is 853. The van der Waals surface area contributed by atoms with E-state index < -0.39 is 12.1 Å². The Morgan fingerprint density at radius 1 is 0.808 bits per heavy atom. The van der Waals surface area contributed by atoms with Crippen molar-refractivity contribution < 1.29 is 19.1 Å². The SMILES string of the molecule is COc1ccc(SC(c2ccccc2)(c2ccccc2)P(=O)(O)O)cc1. The molecule has 0 heterocycles. The van der Waals surface area contributed by atoms with Crippen LogP contribution in [-0.2, 0) is 9.05 Å². The molecule has 0 unspecified atom stereocenters. The van der Waals surface area contributed by atoms with Crippen molar-refractivity contribution in [1.29, 1.82) is 0 Å². The highest BCUT2D eigenvalue weighted by atomic mass is 32.2. The average molecular weight is 386 g/mol. The zero-order chi connectivity index (χ0) is 18.6. The number of hydrogen-bond donors (Lipinski definition) is 2. The number of methoxy groups -OCH3 is 1. The molecule has 0 aromatic heterocycles. The highest BCUT2D eigenvalue weighted by Crippen LogP contribution is 2.68. The van der Waals surface area contributed by atoms with Crippen LogP contribution in [0.3, 0.4) is 0 Å². The first-order chi connectivity index (χ1) is 12.5. The smallest absolute Gasteiger partial charge is 0.350 e. The van der Waals surface area contributed by atoms with E-state index in [1.807, 2.05) is 12.1 Å². The molecule has 6 heteroatoms. The lowest BCUT2D eigenvalue weighted by Crippen LogP contribution is -2.24. The summed E-state index contributed by atoms with van der Waals surface area (Å²) in [4.78, 5) is 21.7. The van der Waals surface area contributed by atoms with E-state index in [-0.39, 0.29) is 0 Å². The summed E-state index contributed by atoms with van der Waals surface area (Å²) >= 11 is 1.15. The van der Waals surface area contributed by atoms with Gasteiger partial charge in [0.15, 0.2) is 4.49 Å². The van der Waals surface area contributed by atoms with Gasteiger partial charge >= 0.3 is 7.60 Å². The summed E-state index contributed by atoms with van der Waals surface area (Å²) in [6.07, 6.45) is 0. The minimum Gasteiger partial charge on any atom is -0.497 e. The van der Waals surface area contributed by atoms with Gasteiger partial charge in [0.2, 0.25) is 0 Å². The van der Waals surface area contributed by atoms with Crippen LogP contribution in [0.5, 0.6) is 5.75 Å². The third kappa shape index (κ3) is 3.57. The van der Waals surface area contributed by atoms with Gasteiger partial charge in [-0.2, -0.15) is 0 Å². The Morgan fingerprint density at radius 2 is 1.27 bits per heavy atom. The number of hydrogen-bond acceptors (Lipinski definition) is 3. The molecule has 0 fully saturated rings. The van der Waals surface area contributed by atoms with Crippen LogP contribution < -0.4 is 4.74 Å². The molecule has 3 aromatic carbocycles. The van der Waals surface area contributed by atoms with E-state index in [1.54, 1.807) is 79.9 Å². The zero-order valence-electron chi connectivity index (χ0n) is 14.1. The quantitative estimate of drug-likeness (QED) is 0.468. The van der Waals surface area contributed by atoms with Crippen molar-refractivity contribution in [2.75, 3.05) is 7.11 Å². The van der Waals surface area contributed by atoms with Crippen molar-refractivity contribution >= 4 is 19.4 Å². The first-order valence-electron chi connectivity index (χ1n) is 7.97. The Kier molecular flexibility index (Phi) is 5.54. The summed E-state index contributed by atoms with van der Waals surface area (Å²) in [5.41, 5.74) is 1.11. The third-order valence-electron chi connectivity index (χ3n) is 4.07. The van der Waals surface area contributed by atoms with Gasteiger partial charge < -0.3 is 14.5 Å². The normalized spacial score (nSPS) is 12.0. The minimum absolute atomic E-state index is 0.556. The van der Waals surface area contributed by atoms with E-state index in [4.69, 9.17) is 4.74 Å². The minimum atomic E-state index is -4.60. The predicted octanol–water partition coefficient (Wildman–Crippen LogP) is 4.87. The van der Waals surface area contributed by atoms with Crippen molar-refractivity contribution in [3.63, 3.8) is 0 Å². The highest BCUT2D eigenvalue weighted by Gasteiger charge is 2.51. The summed E-state index contributed by atoms with van der Waals surface area (Å²) in [7, 11) is -3.02. The maximum absolute atomic E-state index is 12.8. The molecule has 0 aliphatic heterocycles. The topological polar surface area (TPSA) is 66.8 Å². The Hall–Kier alpha value is -2.04. The molecule has 0 atom stereocenters. The fourth-order valence-corrected chi connectivity index (χ4v) is 5.71. The molecule has 0 radical (unpaired) electrons. The molecule has 0 saturated heterocycles. The number of rotatable bonds is 6. The monoisotopic (exact) mass is 386 g/mol. The van der Waals surface area contributed by atoms with Gasteiger partial charge in [-0.1, -0.05) is 72.4 Å². The lowest BCUT2D eigenvalue weighted by Gasteiger charge is -2.34. The molecule has 0 spiro atoms. The van der Waals surface area contributed by atoms with E-state index in [0.29, 0.717) is 16.9 Å². The molecule has 4 nitrogen and oxygen atoms in total. The van der Waals surface area contributed by atoms with Gasteiger partial charge in [0.1, 0.15) is 5.75 Å². The summed E-state index contributed by atoms with van der Waals surface area (Å²) in [5.74, 6) is 0.690. The fraction of sp³-hybridized carbons (Fsp3) is 0.100. The van der Waals surface area contributed by atoms with Crippen molar-refractivity contribution in [2.45, 2.75) is 9.38 Å². The van der Waals surface area contributed by atoms with E-state index in [0.717, 1.165) is 16.7 Å². The number of ether oxygens (including phenoxy) is 1. The molecule has 134 valence electrons. The van der Waals surface area contributed by atoms with Crippen LogP contribution in [0.4, 0.5) is 0 Å². The van der Waals surface area contributed by atoms with Gasteiger partial charge in [0.25, 0.3) is 0 Å². The third-order valence-corrected chi connectivity index (χ3v) is 7.66. The number of benzene rings is 3. The molecule has 0 saturated carbocycles. The average Bonchev–Trinajstić information content (AvgIpc) is 2.67. The van der Waals surface area contributed by atoms with Crippen LogP contribution in [0, 0.1) is 0 Å². The van der Waals surface area contributed by atoms with Crippen LogP contribution in [-0.4, -0.2) is 16.9 Å². The second kappa shape index (κ2) is 7.68. The molecule has 2 N–H and O–H groups in total. The Morgan fingerprint density at radius 3 is 1.65 bits per heavy atom. The highest BCUT2D eigenvalue weighted by molar-refractivity contribution is 8.06. The lowest BCUT2D eigenvalue weighted by atomic mass is 10.0. The standard InChI is InChI=1S/C20H19O4PS/c1-24-18-12-14-19(15-13-18)26-20(25(21,22)23,16-8-4-2-5-9-16)17-10-6-3-7-11-17/h2-15H,1H3,(H2,21,22,23). The maximum Gasteiger partial charge on any atom is 0.350 e.